The lowest BCUT2D eigenvalue weighted by atomic mass is 9.79. The largest absolute Gasteiger partial charge is 0.493 e. The second-order valence-electron chi connectivity index (χ2n) is 7.16. The molecule has 0 bridgehead atoms. The van der Waals surface area contributed by atoms with Crippen LogP contribution in [-0.2, 0) is 4.79 Å². The maximum absolute atomic E-state index is 12.6. The Hall–Kier alpha value is -3.06. The zero-order valence-corrected chi connectivity index (χ0v) is 17.3. The predicted molar refractivity (Wildman–Crippen MR) is 112 cm³/mol. The molecule has 0 saturated heterocycles. The van der Waals surface area contributed by atoms with E-state index in [9.17, 15) is 10.1 Å². The molecule has 0 unspecified atom stereocenters. The number of ketones is 1. The topological polar surface area (TPSA) is 76.1 Å². The first-order valence-electron chi connectivity index (χ1n) is 9.51. The summed E-state index contributed by atoms with van der Waals surface area (Å²) in [5.41, 5.74) is 11.7. The zero-order chi connectivity index (χ0) is 20.8. The van der Waals surface area contributed by atoms with E-state index in [0.29, 0.717) is 23.4 Å². The van der Waals surface area contributed by atoms with Gasteiger partial charge in [0.2, 0.25) is 0 Å². The summed E-state index contributed by atoms with van der Waals surface area (Å²) in [4.78, 5) is 12.6. The number of rotatable bonds is 7. The quantitative estimate of drug-likeness (QED) is 0.696. The van der Waals surface area contributed by atoms with Gasteiger partial charge in [0.15, 0.2) is 5.78 Å². The molecule has 0 radical (unpaired) electrons. The molecule has 0 fully saturated rings. The van der Waals surface area contributed by atoms with Crippen molar-refractivity contribution in [1.29, 1.82) is 5.26 Å². The van der Waals surface area contributed by atoms with Crippen LogP contribution in [0.2, 0.25) is 0 Å². The molecule has 0 aliphatic heterocycles. The van der Waals surface area contributed by atoms with E-state index >= 15 is 0 Å². The van der Waals surface area contributed by atoms with Crippen LogP contribution in [0.4, 0.5) is 0 Å². The minimum atomic E-state index is -0.359. The maximum atomic E-state index is 12.6. The van der Waals surface area contributed by atoms with E-state index in [1.54, 1.807) is 19.9 Å². The molecule has 0 aliphatic rings. The van der Waals surface area contributed by atoms with Gasteiger partial charge in [-0.2, -0.15) is 5.26 Å². The van der Waals surface area contributed by atoms with Crippen LogP contribution in [0.5, 0.6) is 5.75 Å². The van der Waals surface area contributed by atoms with Crippen molar-refractivity contribution in [2.24, 2.45) is 5.73 Å². The monoisotopic (exact) mass is 376 g/mol. The van der Waals surface area contributed by atoms with Crippen molar-refractivity contribution in [3.05, 3.63) is 75.5 Å². The van der Waals surface area contributed by atoms with Gasteiger partial charge >= 0.3 is 0 Å². The summed E-state index contributed by atoms with van der Waals surface area (Å²) in [7, 11) is 0. The number of benzene rings is 2. The van der Waals surface area contributed by atoms with Gasteiger partial charge in [0.05, 0.1) is 18.2 Å². The number of nitrogens with zero attached hydrogens (tertiary/aromatic N) is 1. The SMILES string of the molecule is CCCOc1ccc(C)cc1[C@@H](/C(C(C)=O)=C(/C)N)c1ccc(C#N)cc1C. The van der Waals surface area contributed by atoms with Gasteiger partial charge in [-0.25, -0.2) is 0 Å². The average molecular weight is 377 g/mol. The number of ether oxygens (including phenoxy) is 1. The van der Waals surface area contributed by atoms with E-state index in [1.807, 2.05) is 38.1 Å². The molecule has 1 atom stereocenters. The average Bonchev–Trinajstić information content (AvgIpc) is 2.64. The number of nitrogens with two attached hydrogens (primary N) is 1. The number of carbonyl (C=O) groups is 1. The Morgan fingerprint density at radius 1 is 1.14 bits per heavy atom. The number of allylic oxidation sites excluding steroid dienone is 2. The fraction of sp³-hybridized carbons (Fsp3) is 0.333. The third kappa shape index (κ3) is 4.61. The minimum Gasteiger partial charge on any atom is -0.493 e. The summed E-state index contributed by atoms with van der Waals surface area (Å²) >= 11 is 0. The minimum absolute atomic E-state index is 0.0725. The summed E-state index contributed by atoms with van der Waals surface area (Å²) in [5, 5.41) is 9.22. The van der Waals surface area contributed by atoms with Crippen LogP contribution in [0.1, 0.15) is 60.9 Å². The van der Waals surface area contributed by atoms with Crippen LogP contribution in [0, 0.1) is 25.2 Å². The van der Waals surface area contributed by atoms with E-state index in [0.717, 1.165) is 34.4 Å². The number of hydrogen-bond acceptors (Lipinski definition) is 4. The van der Waals surface area contributed by atoms with E-state index in [1.165, 1.54) is 0 Å². The van der Waals surface area contributed by atoms with Gasteiger partial charge in [0.25, 0.3) is 0 Å². The molecule has 0 spiro atoms. The van der Waals surface area contributed by atoms with Gasteiger partial charge in [-0.15, -0.1) is 0 Å². The standard InChI is InChI=1S/C24H28N2O2/c1-6-11-28-22-10-7-15(2)12-21(22)24(23(17(4)26)18(5)27)20-9-8-19(14-25)13-16(20)3/h7-10,12-13,24H,6,11,26H2,1-5H3/b23-17-/t24-/m0/s1. The van der Waals surface area contributed by atoms with Gasteiger partial charge in [0.1, 0.15) is 5.75 Å². The Morgan fingerprint density at radius 2 is 1.86 bits per heavy atom. The second-order valence-corrected chi connectivity index (χ2v) is 7.16. The van der Waals surface area contributed by atoms with E-state index < -0.39 is 0 Å². The Labute approximate surface area is 167 Å². The first-order valence-corrected chi connectivity index (χ1v) is 9.51. The predicted octanol–water partition coefficient (Wildman–Crippen LogP) is 4.92. The lowest BCUT2D eigenvalue weighted by molar-refractivity contribution is -0.113. The molecule has 2 aromatic carbocycles. The van der Waals surface area contributed by atoms with Crippen LogP contribution in [0.3, 0.4) is 0 Å². The molecule has 0 aromatic heterocycles. The first-order chi connectivity index (χ1) is 13.3. The van der Waals surface area contributed by atoms with Gasteiger partial charge < -0.3 is 10.5 Å². The van der Waals surface area contributed by atoms with Crippen LogP contribution in [0.15, 0.2) is 47.7 Å². The van der Waals surface area contributed by atoms with Gasteiger partial charge in [-0.1, -0.05) is 30.7 Å². The van der Waals surface area contributed by atoms with Crippen LogP contribution in [0.25, 0.3) is 0 Å². The summed E-state index contributed by atoms with van der Waals surface area (Å²) in [5.74, 6) is 0.319. The Bertz CT molecular complexity index is 948. The molecular weight excluding hydrogens is 348 g/mol. The zero-order valence-electron chi connectivity index (χ0n) is 17.3. The number of Topliss-reactive ketones (excluding diaryl/α,β-unsaturated/α-hetero) is 1. The second kappa shape index (κ2) is 9.23. The van der Waals surface area contributed by atoms with Crippen molar-refractivity contribution in [3.63, 3.8) is 0 Å². The fourth-order valence-corrected chi connectivity index (χ4v) is 3.49. The molecule has 0 amide bonds. The Morgan fingerprint density at radius 3 is 2.39 bits per heavy atom. The smallest absolute Gasteiger partial charge is 0.158 e. The molecule has 2 rings (SSSR count). The van der Waals surface area contributed by atoms with Crippen molar-refractivity contribution in [2.75, 3.05) is 6.61 Å². The lowest BCUT2D eigenvalue weighted by Gasteiger charge is -2.26. The van der Waals surface area contributed by atoms with E-state index in [4.69, 9.17) is 10.5 Å². The summed E-state index contributed by atoms with van der Waals surface area (Å²) in [6.07, 6.45) is 0.888. The van der Waals surface area contributed by atoms with Crippen molar-refractivity contribution < 1.29 is 9.53 Å². The highest BCUT2D eigenvalue weighted by atomic mass is 16.5. The molecule has 28 heavy (non-hydrogen) atoms. The van der Waals surface area contributed by atoms with E-state index in [-0.39, 0.29) is 11.7 Å². The summed E-state index contributed by atoms with van der Waals surface area (Å²) in [6, 6.07) is 13.7. The number of nitriles is 1. The molecule has 2 aromatic rings. The summed E-state index contributed by atoms with van der Waals surface area (Å²) < 4.78 is 6.01. The van der Waals surface area contributed by atoms with Crippen LogP contribution >= 0.6 is 0 Å². The molecule has 2 N–H and O–H groups in total. The first kappa shape index (κ1) is 21.2. The maximum Gasteiger partial charge on any atom is 0.158 e. The number of hydrogen-bond donors (Lipinski definition) is 1. The fourth-order valence-electron chi connectivity index (χ4n) is 3.49. The molecular formula is C24H28N2O2. The van der Waals surface area contributed by atoms with Gasteiger partial charge in [-0.3, -0.25) is 4.79 Å². The highest BCUT2D eigenvalue weighted by molar-refractivity contribution is 5.96. The summed E-state index contributed by atoms with van der Waals surface area (Å²) in [6.45, 7) is 9.92. The van der Waals surface area contributed by atoms with Crippen molar-refractivity contribution in [2.45, 2.75) is 47.0 Å². The molecule has 0 aliphatic carbocycles. The number of carbonyl (C=O) groups excluding carboxylic acids is 1. The van der Waals surface area contributed by atoms with E-state index in [2.05, 4.69) is 19.1 Å². The van der Waals surface area contributed by atoms with Crippen LogP contribution < -0.4 is 10.5 Å². The molecule has 0 heterocycles. The highest BCUT2D eigenvalue weighted by Crippen LogP contribution is 2.40. The Balaban J connectivity index is 2.81. The van der Waals surface area contributed by atoms with Crippen molar-refractivity contribution >= 4 is 5.78 Å². The lowest BCUT2D eigenvalue weighted by Crippen LogP contribution is -2.18. The van der Waals surface area contributed by atoms with Crippen molar-refractivity contribution in [1.82, 2.24) is 0 Å². The normalized spacial score (nSPS) is 12.7. The molecule has 4 nitrogen and oxygen atoms in total. The van der Waals surface area contributed by atoms with Crippen LogP contribution in [-0.4, -0.2) is 12.4 Å². The molecule has 0 saturated carbocycles. The number of aryl methyl sites for hydroxylation is 2. The van der Waals surface area contributed by atoms with Gasteiger partial charge in [0, 0.05) is 22.8 Å². The third-order valence-corrected chi connectivity index (χ3v) is 4.74. The third-order valence-electron chi connectivity index (χ3n) is 4.74. The molecule has 146 valence electrons. The Kier molecular flexibility index (Phi) is 7.00. The van der Waals surface area contributed by atoms with Gasteiger partial charge in [-0.05, 0) is 63.4 Å². The molecule has 4 heteroatoms. The highest BCUT2D eigenvalue weighted by Gasteiger charge is 2.28. The van der Waals surface area contributed by atoms with Crippen molar-refractivity contribution in [3.8, 4) is 11.8 Å².